The van der Waals surface area contributed by atoms with Crippen molar-refractivity contribution in [3.05, 3.63) is 18.1 Å². The Labute approximate surface area is 103 Å². The molecule has 0 spiro atoms. The first-order chi connectivity index (χ1) is 8.24. The zero-order valence-electron chi connectivity index (χ0n) is 10.6. The van der Waals surface area contributed by atoms with E-state index in [1.54, 1.807) is 6.20 Å². The standard InChI is InChI=1S/C12H21N5/c1-3-16-4-5-17(9-10(16)2)12-8-14-7-11(6-13)15-12/h7-8,10H,3-6,9,13H2,1-2H3. The van der Waals surface area contributed by atoms with Gasteiger partial charge in [-0.1, -0.05) is 6.92 Å². The summed E-state index contributed by atoms with van der Waals surface area (Å²) in [6.07, 6.45) is 3.56. The van der Waals surface area contributed by atoms with Gasteiger partial charge in [-0.2, -0.15) is 0 Å². The van der Waals surface area contributed by atoms with Crippen LogP contribution < -0.4 is 10.6 Å². The second-order valence-corrected chi connectivity index (χ2v) is 4.50. The molecule has 0 saturated carbocycles. The molecule has 1 aromatic rings. The normalized spacial score (nSPS) is 21.8. The van der Waals surface area contributed by atoms with E-state index in [1.165, 1.54) is 0 Å². The molecule has 0 aromatic carbocycles. The highest BCUT2D eigenvalue weighted by Crippen LogP contribution is 2.16. The number of likely N-dealkylation sites (N-methyl/N-ethyl adjacent to an activating group) is 1. The third-order valence-corrected chi connectivity index (χ3v) is 3.38. The first kappa shape index (κ1) is 12.3. The summed E-state index contributed by atoms with van der Waals surface area (Å²) in [6.45, 7) is 9.15. The lowest BCUT2D eigenvalue weighted by atomic mass is 10.2. The summed E-state index contributed by atoms with van der Waals surface area (Å²) in [5.41, 5.74) is 6.44. The zero-order valence-corrected chi connectivity index (χ0v) is 10.6. The second kappa shape index (κ2) is 5.42. The van der Waals surface area contributed by atoms with Crippen molar-refractivity contribution in [3.8, 4) is 0 Å². The molecule has 1 unspecified atom stereocenters. The lowest BCUT2D eigenvalue weighted by molar-refractivity contribution is 0.199. The Hall–Kier alpha value is -1.20. The van der Waals surface area contributed by atoms with Crippen LogP contribution in [0.3, 0.4) is 0 Å². The van der Waals surface area contributed by atoms with Crippen LogP contribution in [0.4, 0.5) is 5.82 Å². The monoisotopic (exact) mass is 235 g/mol. The molecule has 94 valence electrons. The van der Waals surface area contributed by atoms with Crippen molar-refractivity contribution in [2.45, 2.75) is 26.4 Å². The number of nitrogens with zero attached hydrogens (tertiary/aromatic N) is 4. The van der Waals surface area contributed by atoms with Crippen molar-refractivity contribution in [1.82, 2.24) is 14.9 Å². The van der Waals surface area contributed by atoms with Crippen LogP contribution in [0.1, 0.15) is 19.5 Å². The Morgan fingerprint density at radius 1 is 1.41 bits per heavy atom. The molecule has 2 N–H and O–H groups in total. The first-order valence-electron chi connectivity index (χ1n) is 6.24. The molecule has 1 aliphatic heterocycles. The van der Waals surface area contributed by atoms with Gasteiger partial charge in [0.25, 0.3) is 0 Å². The van der Waals surface area contributed by atoms with Crippen LogP contribution >= 0.6 is 0 Å². The highest BCUT2D eigenvalue weighted by molar-refractivity contribution is 5.37. The highest BCUT2D eigenvalue weighted by Gasteiger charge is 2.23. The van der Waals surface area contributed by atoms with Crippen LogP contribution in [0.2, 0.25) is 0 Å². The molecule has 5 nitrogen and oxygen atoms in total. The molecule has 0 aliphatic carbocycles. The van der Waals surface area contributed by atoms with Gasteiger partial charge in [-0.15, -0.1) is 0 Å². The number of anilines is 1. The lowest BCUT2D eigenvalue weighted by Crippen LogP contribution is -2.52. The van der Waals surface area contributed by atoms with Crippen molar-refractivity contribution in [2.24, 2.45) is 5.73 Å². The van der Waals surface area contributed by atoms with Crippen molar-refractivity contribution in [2.75, 3.05) is 31.1 Å². The van der Waals surface area contributed by atoms with Crippen LogP contribution in [0.5, 0.6) is 0 Å². The van der Waals surface area contributed by atoms with E-state index in [0.29, 0.717) is 12.6 Å². The first-order valence-corrected chi connectivity index (χ1v) is 6.24. The molecular weight excluding hydrogens is 214 g/mol. The van der Waals surface area contributed by atoms with Gasteiger partial charge in [0.05, 0.1) is 11.9 Å². The molecule has 1 atom stereocenters. The van der Waals surface area contributed by atoms with Crippen molar-refractivity contribution in [1.29, 1.82) is 0 Å². The SMILES string of the molecule is CCN1CCN(c2cncc(CN)n2)CC1C. The topological polar surface area (TPSA) is 58.3 Å². The van der Waals surface area contributed by atoms with Gasteiger partial charge < -0.3 is 10.6 Å². The number of hydrogen-bond donors (Lipinski definition) is 1. The van der Waals surface area contributed by atoms with Crippen molar-refractivity contribution in [3.63, 3.8) is 0 Å². The molecule has 2 heterocycles. The van der Waals surface area contributed by atoms with E-state index in [0.717, 1.165) is 37.7 Å². The summed E-state index contributed by atoms with van der Waals surface area (Å²) >= 11 is 0. The van der Waals surface area contributed by atoms with E-state index >= 15 is 0 Å². The van der Waals surface area contributed by atoms with E-state index in [1.807, 2.05) is 6.20 Å². The Morgan fingerprint density at radius 2 is 2.24 bits per heavy atom. The number of hydrogen-bond acceptors (Lipinski definition) is 5. The largest absolute Gasteiger partial charge is 0.352 e. The Kier molecular flexibility index (Phi) is 3.91. The minimum atomic E-state index is 0.450. The van der Waals surface area contributed by atoms with Gasteiger partial charge >= 0.3 is 0 Å². The zero-order chi connectivity index (χ0) is 12.3. The summed E-state index contributed by atoms with van der Waals surface area (Å²) in [5.74, 6) is 0.954. The predicted octanol–water partition coefficient (Wildman–Crippen LogP) is 0.466. The Morgan fingerprint density at radius 3 is 2.88 bits per heavy atom. The third kappa shape index (κ3) is 2.73. The van der Waals surface area contributed by atoms with E-state index in [2.05, 4.69) is 33.6 Å². The summed E-state index contributed by atoms with van der Waals surface area (Å²) in [7, 11) is 0. The average molecular weight is 235 g/mol. The Balaban J connectivity index is 2.08. The molecule has 17 heavy (non-hydrogen) atoms. The number of nitrogens with two attached hydrogens (primary N) is 1. The van der Waals surface area contributed by atoms with Gasteiger partial charge in [0, 0.05) is 38.4 Å². The number of piperazine rings is 1. The molecule has 1 aliphatic rings. The third-order valence-electron chi connectivity index (χ3n) is 3.38. The average Bonchev–Trinajstić information content (AvgIpc) is 2.38. The van der Waals surface area contributed by atoms with E-state index in [4.69, 9.17) is 5.73 Å². The van der Waals surface area contributed by atoms with Crippen molar-refractivity contribution >= 4 is 5.82 Å². The smallest absolute Gasteiger partial charge is 0.147 e. The highest BCUT2D eigenvalue weighted by atomic mass is 15.3. The Bertz CT molecular complexity index is 368. The predicted molar refractivity (Wildman–Crippen MR) is 68.8 cm³/mol. The van der Waals surface area contributed by atoms with Crippen molar-refractivity contribution < 1.29 is 0 Å². The molecule has 5 heteroatoms. The van der Waals surface area contributed by atoms with Gasteiger partial charge in [-0.25, -0.2) is 4.98 Å². The fourth-order valence-corrected chi connectivity index (χ4v) is 2.32. The lowest BCUT2D eigenvalue weighted by Gasteiger charge is -2.39. The van der Waals surface area contributed by atoms with Gasteiger partial charge in [0.15, 0.2) is 0 Å². The molecule has 1 aromatic heterocycles. The van der Waals surface area contributed by atoms with Gasteiger partial charge in [-0.3, -0.25) is 9.88 Å². The summed E-state index contributed by atoms with van der Waals surface area (Å²) in [4.78, 5) is 13.5. The molecule has 1 fully saturated rings. The van der Waals surface area contributed by atoms with Crippen LogP contribution in [0.15, 0.2) is 12.4 Å². The molecule has 2 rings (SSSR count). The molecule has 0 radical (unpaired) electrons. The number of rotatable bonds is 3. The minimum absolute atomic E-state index is 0.450. The maximum Gasteiger partial charge on any atom is 0.147 e. The quantitative estimate of drug-likeness (QED) is 0.825. The molecule has 0 amide bonds. The van der Waals surface area contributed by atoms with Crippen LogP contribution in [0.25, 0.3) is 0 Å². The molecule has 0 bridgehead atoms. The summed E-state index contributed by atoms with van der Waals surface area (Å²) in [5, 5.41) is 0. The maximum absolute atomic E-state index is 5.59. The van der Waals surface area contributed by atoms with E-state index < -0.39 is 0 Å². The van der Waals surface area contributed by atoms with Gasteiger partial charge in [0.2, 0.25) is 0 Å². The summed E-state index contributed by atoms with van der Waals surface area (Å²) < 4.78 is 0. The summed E-state index contributed by atoms with van der Waals surface area (Å²) in [6, 6.07) is 0.567. The maximum atomic E-state index is 5.59. The second-order valence-electron chi connectivity index (χ2n) is 4.50. The van der Waals surface area contributed by atoms with Crippen LogP contribution in [-0.4, -0.2) is 47.1 Å². The molecular formula is C12H21N5. The van der Waals surface area contributed by atoms with Gasteiger partial charge in [0.1, 0.15) is 5.82 Å². The van der Waals surface area contributed by atoms with E-state index in [-0.39, 0.29) is 0 Å². The fourth-order valence-electron chi connectivity index (χ4n) is 2.32. The molecule has 1 saturated heterocycles. The number of aromatic nitrogens is 2. The minimum Gasteiger partial charge on any atom is -0.352 e. The van der Waals surface area contributed by atoms with Gasteiger partial charge in [-0.05, 0) is 13.5 Å². The van der Waals surface area contributed by atoms with E-state index in [9.17, 15) is 0 Å². The van der Waals surface area contributed by atoms with Crippen LogP contribution in [0, 0.1) is 0 Å². The van der Waals surface area contributed by atoms with Crippen LogP contribution in [-0.2, 0) is 6.54 Å². The fraction of sp³-hybridized carbons (Fsp3) is 0.667.